The van der Waals surface area contributed by atoms with Gasteiger partial charge in [0, 0.05) is 18.7 Å². The number of carboxylic acid groups (broad SMARTS) is 1. The van der Waals surface area contributed by atoms with Crippen LogP contribution in [0.25, 0.3) is 0 Å². The Kier molecular flexibility index (Phi) is 17.8. The van der Waals surface area contributed by atoms with Gasteiger partial charge in [-0.25, -0.2) is 0 Å². The van der Waals surface area contributed by atoms with Crippen LogP contribution in [-0.4, -0.2) is 61.9 Å². The van der Waals surface area contributed by atoms with E-state index in [2.05, 4.69) is 20.8 Å². The van der Waals surface area contributed by atoms with Gasteiger partial charge in [-0.15, -0.1) is 0 Å². The van der Waals surface area contributed by atoms with Crippen LogP contribution in [0.3, 0.4) is 0 Å². The summed E-state index contributed by atoms with van der Waals surface area (Å²) in [6.45, 7) is 11.6. The topological polar surface area (TPSA) is 96.4 Å². The van der Waals surface area contributed by atoms with Crippen LogP contribution in [-0.2, 0) is 30.5 Å². The lowest BCUT2D eigenvalue weighted by Gasteiger charge is -2.29. The van der Waals surface area contributed by atoms with Crippen molar-refractivity contribution < 1.29 is 29.0 Å². The first-order valence-corrected chi connectivity index (χ1v) is 17.2. The molecule has 0 bridgehead atoms. The van der Waals surface area contributed by atoms with Crippen molar-refractivity contribution in [3.05, 3.63) is 95.5 Å². The van der Waals surface area contributed by atoms with E-state index in [1.807, 2.05) is 84.6 Å². The number of thiocarbonyl (C=S) groups is 1. The number of ether oxygens (including phenoxy) is 2. The molecular weight excluding hydrogens is 621 g/mol. The van der Waals surface area contributed by atoms with Gasteiger partial charge in [-0.2, -0.15) is 0 Å². The third kappa shape index (κ3) is 12.6. The van der Waals surface area contributed by atoms with Crippen molar-refractivity contribution in [1.29, 1.82) is 0 Å². The van der Waals surface area contributed by atoms with Crippen molar-refractivity contribution in [2.75, 3.05) is 19.6 Å². The Morgan fingerprint density at radius 2 is 1.59 bits per heavy atom. The van der Waals surface area contributed by atoms with E-state index in [1.54, 1.807) is 6.92 Å². The second kappa shape index (κ2) is 21.2. The molecule has 2 aromatic rings. The van der Waals surface area contributed by atoms with Gasteiger partial charge in [0.1, 0.15) is 17.5 Å². The number of allylic oxidation sites excluding steroid dienone is 2. The average molecular weight is 669 g/mol. The smallest absolute Gasteiger partial charge is 0.323 e. The van der Waals surface area contributed by atoms with E-state index in [9.17, 15) is 14.4 Å². The van der Waals surface area contributed by atoms with E-state index in [0.29, 0.717) is 22.4 Å². The highest BCUT2D eigenvalue weighted by molar-refractivity contribution is 8.24. The summed E-state index contributed by atoms with van der Waals surface area (Å²) in [5, 5.41) is 8.19. The summed E-state index contributed by atoms with van der Waals surface area (Å²) in [7, 11) is 0. The van der Waals surface area contributed by atoms with Crippen LogP contribution in [0.5, 0.6) is 0 Å². The molecule has 0 aromatic heterocycles. The number of carbonyl (C=O) groups excluding carboxylic acids is 2. The Morgan fingerprint density at radius 1 is 1.00 bits per heavy atom. The van der Waals surface area contributed by atoms with Gasteiger partial charge in [-0.3, -0.25) is 19.3 Å². The molecule has 0 spiro atoms. The average Bonchev–Trinajstić information content (AvgIpc) is 3.30. The molecular formula is C36H48N2O6S2. The molecule has 1 aliphatic heterocycles. The van der Waals surface area contributed by atoms with Gasteiger partial charge in [0.15, 0.2) is 11.5 Å². The summed E-state index contributed by atoms with van der Waals surface area (Å²) in [6.07, 6.45) is 8.00. The Morgan fingerprint density at radius 3 is 2.07 bits per heavy atom. The molecule has 1 N–H and O–H groups in total. The molecule has 2 unspecified atom stereocenters. The van der Waals surface area contributed by atoms with Crippen LogP contribution in [0.15, 0.2) is 84.3 Å². The summed E-state index contributed by atoms with van der Waals surface area (Å²) in [5.74, 6) is 0.00332. The summed E-state index contributed by atoms with van der Waals surface area (Å²) >= 11 is 6.04. The fourth-order valence-corrected chi connectivity index (χ4v) is 5.89. The van der Waals surface area contributed by atoms with E-state index < -0.39 is 12.1 Å². The normalized spacial score (nSPS) is 15.6. The quantitative estimate of drug-likeness (QED) is 0.103. The van der Waals surface area contributed by atoms with E-state index in [0.717, 1.165) is 61.2 Å². The second-order valence-corrected chi connectivity index (χ2v) is 12.7. The highest BCUT2D eigenvalue weighted by atomic mass is 32.2. The van der Waals surface area contributed by atoms with Crippen molar-refractivity contribution in [2.45, 2.75) is 84.7 Å². The van der Waals surface area contributed by atoms with Crippen LogP contribution in [0.1, 0.15) is 84.0 Å². The number of rotatable bonds is 17. The van der Waals surface area contributed by atoms with Gasteiger partial charge in [-0.05, 0) is 50.8 Å². The Balaban J connectivity index is 0.000000512. The Labute approximate surface area is 283 Å². The molecule has 1 saturated heterocycles. The van der Waals surface area contributed by atoms with Crippen LogP contribution >= 0.6 is 24.0 Å². The number of thioether (sulfide) groups is 1. The minimum absolute atomic E-state index is 0.00798. The van der Waals surface area contributed by atoms with Gasteiger partial charge in [0.05, 0.1) is 5.25 Å². The van der Waals surface area contributed by atoms with Crippen molar-refractivity contribution in [1.82, 2.24) is 9.80 Å². The highest BCUT2D eigenvalue weighted by Gasteiger charge is 2.34. The molecule has 46 heavy (non-hydrogen) atoms. The SMILES string of the molecule is C/C=C(OCc1ccccc1)\C(=C/CC)OC(C(=O)N(CCCC)CCCC)c1ccccc1.CC1SC(=S)N(CC(=O)O)C1=O. The van der Waals surface area contributed by atoms with Gasteiger partial charge in [-0.1, -0.05) is 118 Å². The van der Waals surface area contributed by atoms with Gasteiger partial charge < -0.3 is 19.5 Å². The lowest BCUT2D eigenvalue weighted by atomic mass is 10.1. The monoisotopic (exact) mass is 668 g/mol. The fraction of sp³-hybridized carbons (Fsp3) is 0.444. The second-order valence-electron chi connectivity index (χ2n) is 10.7. The first-order valence-electron chi connectivity index (χ1n) is 15.9. The predicted molar refractivity (Wildman–Crippen MR) is 189 cm³/mol. The first kappa shape index (κ1) is 38.6. The number of aliphatic carboxylic acids is 1. The lowest BCUT2D eigenvalue weighted by molar-refractivity contribution is -0.142. The number of hydrogen-bond acceptors (Lipinski definition) is 7. The number of nitrogens with zero attached hydrogens (tertiary/aromatic N) is 2. The lowest BCUT2D eigenvalue weighted by Crippen LogP contribution is -2.37. The molecule has 10 heteroatoms. The summed E-state index contributed by atoms with van der Waals surface area (Å²) in [6, 6.07) is 19.8. The van der Waals surface area contributed by atoms with E-state index >= 15 is 0 Å². The number of carboxylic acids is 1. The third-order valence-electron chi connectivity index (χ3n) is 6.98. The zero-order chi connectivity index (χ0) is 33.9. The van der Waals surface area contributed by atoms with Crippen LogP contribution in [0, 0.1) is 0 Å². The third-order valence-corrected chi connectivity index (χ3v) is 8.47. The highest BCUT2D eigenvalue weighted by Crippen LogP contribution is 2.29. The van der Waals surface area contributed by atoms with Crippen molar-refractivity contribution in [3.63, 3.8) is 0 Å². The van der Waals surface area contributed by atoms with Gasteiger partial charge >= 0.3 is 5.97 Å². The van der Waals surface area contributed by atoms with E-state index in [4.69, 9.17) is 26.8 Å². The number of hydrogen-bond donors (Lipinski definition) is 1. The van der Waals surface area contributed by atoms with Crippen molar-refractivity contribution >= 4 is 46.1 Å². The van der Waals surface area contributed by atoms with Crippen LogP contribution < -0.4 is 0 Å². The molecule has 8 nitrogen and oxygen atoms in total. The van der Waals surface area contributed by atoms with Crippen molar-refractivity contribution in [3.8, 4) is 0 Å². The number of amides is 2. The van der Waals surface area contributed by atoms with Crippen LogP contribution in [0.4, 0.5) is 0 Å². The first-order chi connectivity index (χ1) is 22.2. The molecule has 1 aliphatic rings. The number of carbonyl (C=O) groups is 3. The maximum absolute atomic E-state index is 13.8. The minimum atomic E-state index is -1.04. The zero-order valence-electron chi connectivity index (χ0n) is 27.6. The maximum atomic E-state index is 13.8. The summed E-state index contributed by atoms with van der Waals surface area (Å²) < 4.78 is 13.0. The van der Waals surface area contributed by atoms with Crippen LogP contribution in [0.2, 0.25) is 0 Å². The molecule has 0 radical (unpaired) electrons. The van der Waals surface area contributed by atoms with Gasteiger partial charge in [0.2, 0.25) is 12.0 Å². The molecule has 2 amide bonds. The fourth-order valence-electron chi connectivity index (χ4n) is 4.49. The maximum Gasteiger partial charge on any atom is 0.323 e. The summed E-state index contributed by atoms with van der Waals surface area (Å²) in [4.78, 5) is 38.4. The Bertz CT molecular complexity index is 1310. The molecule has 2 atom stereocenters. The summed E-state index contributed by atoms with van der Waals surface area (Å²) in [5.41, 5.74) is 1.93. The van der Waals surface area contributed by atoms with E-state index in [-0.39, 0.29) is 23.6 Å². The molecule has 1 heterocycles. The number of unbranched alkanes of at least 4 members (excludes halogenated alkanes) is 2. The largest absolute Gasteiger partial charge is 0.485 e. The van der Waals surface area contributed by atoms with Gasteiger partial charge in [0.25, 0.3) is 5.91 Å². The molecule has 1 fully saturated rings. The zero-order valence-corrected chi connectivity index (χ0v) is 29.3. The number of benzene rings is 2. The molecule has 2 aromatic carbocycles. The Hall–Kier alpha value is -3.63. The molecule has 0 aliphatic carbocycles. The molecule has 3 rings (SSSR count). The predicted octanol–water partition coefficient (Wildman–Crippen LogP) is 7.91. The van der Waals surface area contributed by atoms with Crippen molar-refractivity contribution in [2.24, 2.45) is 0 Å². The molecule has 0 saturated carbocycles. The standard InChI is InChI=1S/C30H41NO3.C6H7NO3S2/c1-5-9-22-31(23-10-6-2)30(32)29(26-20-15-12-16-21-26)34-28(17-7-3)27(8-4)33-24-25-18-13-11-14-19-25;1-3-5(10)7(2-4(8)9)6(11)12-3/h8,11-21,29H,5-7,9-10,22-24H2,1-4H3;3H,2H2,1H3,(H,8,9)/b27-8+,28-17+;. The molecule has 250 valence electrons. The van der Waals surface area contributed by atoms with E-state index in [1.165, 1.54) is 11.8 Å². The minimum Gasteiger partial charge on any atom is -0.485 e.